The van der Waals surface area contributed by atoms with Crippen molar-refractivity contribution in [2.45, 2.75) is 31.3 Å². The highest BCUT2D eigenvalue weighted by atomic mass is 32.2. The molecule has 0 heterocycles. The predicted molar refractivity (Wildman–Crippen MR) is 132 cm³/mol. The van der Waals surface area contributed by atoms with Gasteiger partial charge in [-0.1, -0.05) is 18.2 Å². The Balaban J connectivity index is 1.47. The zero-order valence-electron chi connectivity index (χ0n) is 19.2. The van der Waals surface area contributed by atoms with Crippen molar-refractivity contribution < 1.29 is 22.7 Å². The number of carbonyl (C=O) groups excluding carboxylic acids is 1. The van der Waals surface area contributed by atoms with Crippen LogP contribution in [0.2, 0.25) is 0 Å². The van der Waals surface area contributed by atoms with Crippen LogP contribution in [0.4, 0.5) is 11.4 Å². The van der Waals surface area contributed by atoms with Gasteiger partial charge in [-0.25, -0.2) is 8.42 Å². The maximum Gasteiger partial charge on any atom is 0.261 e. The van der Waals surface area contributed by atoms with Crippen molar-refractivity contribution in [1.82, 2.24) is 0 Å². The standard InChI is InChI=1S/C26H28N2O5S/c1-18-6-13-24(34(30,31)28-21-9-11-23(32-2)12-10-21)15-25(18)26(29)27-22-5-3-4-20(14-22)17-33-16-19-7-8-19/h3-6,9-15,19,28H,7-8,16-17H2,1-2H3,(H,27,29). The number of sulfonamides is 1. The second-order valence-corrected chi connectivity index (χ2v) is 10.1. The minimum Gasteiger partial charge on any atom is -0.497 e. The number of rotatable bonds is 10. The second-order valence-electron chi connectivity index (χ2n) is 8.42. The van der Waals surface area contributed by atoms with Crippen LogP contribution >= 0.6 is 0 Å². The van der Waals surface area contributed by atoms with Crippen LogP contribution in [0, 0.1) is 12.8 Å². The fourth-order valence-electron chi connectivity index (χ4n) is 3.45. The molecule has 3 aromatic rings. The van der Waals surface area contributed by atoms with Gasteiger partial charge in [0.2, 0.25) is 0 Å². The number of nitrogens with one attached hydrogen (secondary N) is 2. The average molecular weight is 481 g/mol. The van der Waals surface area contributed by atoms with E-state index < -0.39 is 10.0 Å². The summed E-state index contributed by atoms with van der Waals surface area (Å²) in [5.41, 5.74) is 2.95. The Labute approximate surface area is 200 Å². The minimum absolute atomic E-state index is 0.00120. The van der Waals surface area contributed by atoms with Crippen molar-refractivity contribution >= 4 is 27.3 Å². The van der Waals surface area contributed by atoms with Gasteiger partial charge in [-0.2, -0.15) is 0 Å². The van der Waals surface area contributed by atoms with Crippen LogP contribution in [-0.4, -0.2) is 28.0 Å². The highest BCUT2D eigenvalue weighted by molar-refractivity contribution is 7.92. The van der Waals surface area contributed by atoms with Gasteiger partial charge in [0.05, 0.1) is 18.6 Å². The molecule has 1 fully saturated rings. The molecule has 2 N–H and O–H groups in total. The normalized spacial score (nSPS) is 13.4. The first-order valence-corrected chi connectivity index (χ1v) is 12.6. The van der Waals surface area contributed by atoms with Crippen molar-refractivity contribution in [2.24, 2.45) is 5.92 Å². The van der Waals surface area contributed by atoms with Gasteiger partial charge in [0.1, 0.15) is 5.75 Å². The molecule has 0 saturated heterocycles. The van der Waals surface area contributed by atoms with Gasteiger partial charge in [-0.15, -0.1) is 0 Å². The van der Waals surface area contributed by atoms with Gasteiger partial charge in [-0.05, 0) is 85.3 Å². The number of hydrogen-bond acceptors (Lipinski definition) is 5. The van der Waals surface area contributed by atoms with Gasteiger partial charge in [0.25, 0.3) is 15.9 Å². The highest BCUT2D eigenvalue weighted by Gasteiger charge is 2.21. The Morgan fingerprint density at radius 3 is 2.47 bits per heavy atom. The predicted octanol–water partition coefficient (Wildman–Crippen LogP) is 4.98. The Morgan fingerprint density at radius 2 is 1.76 bits per heavy atom. The number of benzene rings is 3. The molecular weight excluding hydrogens is 452 g/mol. The summed E-state index contributed by atoms with van der Waals surface area (Å²) in [5.74, 6) is 0.930. The number of methoxy groups -OCH3 is 1. The molecule has 0 spiro atoms. The van der Waals surface area contributed by atoms with E-state index in [2.05, 4.69) is 10.0 Å². The van der Waals surface area contributed by atoms with Crippen LogP contribution in [0.1, 0.15) is 34.3 Å². The molecule has 0 aromatic heterocycles. The first-order chi connectivity index (χ1) is 16.3. The van der Waals surface area contributed by atoms with Crippen molar-refractivity contribution in [3.63, 3.8) is 0 Å². The molecule has 1 amide bonds. The molecule has 4 rings (SSSR count). The van der Waals surface area contributed by atoms with E-state index in [9.17, 15) is 13.2 Å². The Bertz CT molecular complexity index is 1270. The molecule has 0 unspecified atom stereocenters. The molecule has 1 aliphatic carbocycles. The maximum absolute atomic E-state index is 13.0. The van der Waals surface area contributed by atoms with Crippen LogP contribution in [0.5, 0.6) is 5.75 Å². The minimum atomic E-state index is -3.88. The zero-order valence-corrected chi connectivity index (χ0v) is 20.0. The molecule has 8 heteroatoms. The molecule has 34 heavy (non-hydrogen) atoms. The van der Waals surface area contributed by atoms with E-state index in [0.29, 0.717) is 35.2 Å². The quantitative estimate of drug-likeness (QED) is 0.427. The lowest BCUT2D eigenvalue weighted by molar-refractivity contribution is 0.102. The zero-order chi connectivity index (χ0) is 24.1. The smallest absolute Gasteiger partial charge is 0.261 e. The van der Waals surface area contributed by atoms with Gasteiger partial charge in [0, 0.05) is 23.5 Å². The first-order valence-electron chi connectivity index (χ1n) is 11.1. The average Bonchev–Trinajstić information content (AvgIpc) is 3.64. The Hall–Kier alpha value is -3.36. The van der Waals surface area contributed by atoms with E-state index in [-0.39, 0.29) is 16.4 Å². The summed E-state index contributed by atoms with van der Waals surface area (Å²) in [7, 11) is -2.35. The lowest BCUT2D eigenvalue weighted by atomic mass is 10.1. The lowest BCUT2D eigenvalue weighted by Crippen LogP contribution is -2.17. The van der Waals surface area contributed by atoms with E-state index in [4.69, 9.17) is 9.47 Å². The lowest BCUT2D eigenvalue weighted by Gasteiger charge is -2.13. The van der Waals surface area contributed by atoms with E-state index in [1.165, 1.54) is 32.1 Å². The molecule has 0 atom stereocenters. The van der Waals surface area contributed by atoms with Gasteiger partial charge in [0.15, 0.2) is 0 Å². The number of ether oxygens (including phenoxy) is 2. The summed E-state index contributed by atoms with van der Waals surface area (Å²) in [6.45, 7) is 3.02. The van der Waals surface area contributed by atoms with Crippen LogP contribution in [-0.2, 0) is 21.4 Å². The van der Waals surface area contributed by atoms with E-state index in [1.54, 1.807) is 43.3 Å². The SMILES string of the molecule is COc1ccc(NS(=O)(=O)c2ccc(C)c(C(=O)Nc3cccc(COCC4CC4)c3)c2)cc1. The van der Waals surface area contributed by atoms with Gasteiger partial charge < -0.3 is 14.8 Å². The molecule has 0 radical (unpaired) electrons. The number of anilines is 2. The Morgan fingerprint density at radius 1 is 1.00 bits per heavy atom. The van der Waals surface area contributed by atoms with Crippen molar-refractivity contribution in [2.75, 3.05) is 23.8 Å². The second kappa shape index (κ2) is 10.3. The maximum atomic E-state index is 13.0. The number of aryl methyl sites for hydroxylation is 1. The summed E-state index contributed by atoms with van der Waals surface area (Å²) in [6.07, 6.45) is 2.47. The molecular formula is C26H28N2O5S. The number of amides is 1. The molecule has 0 bridgehead atoms. The van der Waals surface area contributed by atoms with Gasteiger partial charge in [-0.3, -0.25) is 9.52 Å². The monoisotopic (exact) mass is 480 g/mol. The Kier molecular flexibility index (Phi) is 7.19. The third-order valence-corrected chi connectivity index (χ3v) is 6.99. The molecule has 1 aliphatic rings. The van der Waals surface area contributed by atoms with E-state index in [1.807, 2.05) is 18.2 Å². The molecule has 178 valence electrons. The third-order valence-electron chi connectivity index (χ3n) is 5.61. The topological polar surface area (TPSA) is 93.7 Å². The summed E-state index contributed by atoms with van der Waals surface area (Å²) >= 11 is 0. The van der Waals surface area contributed by atoms with E-state index >= 15 is 0 Å². The fourth-order valence-corrected chi connectivity index (χ4v) is 4.54. The van der Waals surface area contributed by atoms with Crippen molar-refractivity contribution in [1.29, 1.82) is 0 Å². The van der Waals surface area contributed by atoms with Crippen LogP contribution in [0.25, 0.3) is 0 Å². The van der Waals surface area contributed by atoms with Crippen molar-refractivity contribution in [3.05, 3.63) is 83.4 Å². The number of carbonyl (C=O) groups is 1. The summed E-state index contributed by atoms with van der Waals surface area (Å²) in [6, 6.07) is 18.5. The van der Waals surface area contributed by atoms with Gasteiger partial charge >= 0.3 is 0 Å². The molecule has 0 aliphatic heterocycles. The fraction of sp³-hybridized carbons (Fsp3) is 0.269. The summed E-state index contributed by atoms with van der Waals surface area (Å²) < 4.78 is 39.2. The van der Waals surface area contributed by atoms with Crippen LogP contribution in [0.3, 0.4) is 0 Å². The highest BCUT2D eigenvalue weighted by Crippen LogP contribution is 2.29. The summed E-state index contributed by atoms with van der Waals surface area (Å²) in [5, 5.41) is 2.87. The molecule has 3 aromatic carbocycles. The van der Waals surface area contributed by atoms with E-state index in [0.717, 1.165) is 12.2 Å². The molecule has 1 saturated carbocycles. The largest absolute Gasteiger partial charge is 0.497 e. The third kappa shape index (κ3) is 6.15. The van der Waals surface area contributed by atoms with Crippen LogP contribution < -0.4 is 14.8 Å². The number of hydrogen-bond donors (Lipinski definition) is 2. The summed E-state index contributed by atoms with van der Waals surface area (Å²) in [4.78, 5) is 13.0. The van der Waals surface area contributed by atoms with Crippen LogP contribution in [0.15, 0.2) is 71.6 Å². The first kappa shape index (κ1) is 23.8. The molecule has 7 nitrogen and oxygen atoms in total. The van der Waals surface area contributed by atoms with Crippen molar-refractivity contribution in [3.8, 4) is 5.75 Å².